The van der Waals surface area contributed by atoms with E-state index in [0.29, 0.717) is 13.1 Å². The van der Waals surface area contributed by atoms with Gasteiger partial charge in [0.05, 0.1) is 0 Å². The molecule has 0 aliphatic heterocycles. The molecule has 6 nitrogen and oxygen atoms in total. The highest BCUT2D eigenvalue weighted by Gasteiger charge is 1.87. The second kappa shape index (κ2) is 13.1. The molecule has 0 radical (unpaired) electrons. The lowest BCUT2D eigenvalue weighted by atomic mass is 10.2. The summed E-state index contributed by atoms with van der Waals surface area (Å²) in [4.78, 5) is 9.76. The molecule has 0 amide bonds. The molecule has 0 spiro atoms. The molecule has 0 fully saturated rings. The zero-order valence-electron chi connectivity index (χ0n) is 9.35. The first kappa shape index (κ1) is 18.4. The van der Waals surface area contributed by atoms with Gasteiger partial charge in [-0.25, -0.2) is 0 Å². The molecule has 1 aromatic rings. The van der Waals surface area contributed by atoms with Crippen LogP contribution in [0.5, 0.6) is 0 Å². The Labute approximate surface area is 115 Å². The van der Waals surface area contributed by atoms with Crippen LogP contribution in [0.4, 0.5) is 0 Å². The second-order valence-electron chi connectivity index (χ2n) is 2.57. The van der Waals surface area contributed by atoms with Gasteiger partial charge in [-0.15, -0.1) is 0 Å². The maximum atomic E-state index is 9.76. The number of nitrogens with two attached hydrogens (primary N) is 2. The third-order valence-corrected chi connectivity index (χ3v) is 1.16. The van der Waals surface area contributed by atoms with Crippen LogP contribution in [0.1, 0.15) is 5.56 Å². The summed E-state index contributed by atoms with van der Waals surface area (Å²) in [5, 5.41) is 14.1. The third kappa shape index (κ3) is 23.7. The van der Waals surface area contributed by atoms with Crippen LogP contribution in [0.15, 0.2) is 30.3 Å². The van der Waals surface area contributed by atoms with E-state index in [1.807, 2.05) is 30.3 Å². The Morgan fingerprint density at radius 1 is 1.17 bits per heavy atom. The molecule has 100 valence electrons. The smallest absolute Gasteiger partial charge is 0.293 e. The molecule has 0 aromatic heterocycles. The average molecular weight is 290 g/mol. The molecular weight excluding hydrogens is 276 g/mol. The highest BCUT2D eigenvalue weighted by Crippen LogP contribution is 1.98. The molecule has 1 aromatic carbocycles. The fourth-order valence-corrected chi connectivity index (χ4v) is 0.704. The summed E-state index contributed by atoms with van der Waals surface area (Å²) < 4.78 is 4.54. The molecule has 18 heavy (non-hydrogen) atoms. The number of carbonyl (C=O) groups is 1. The average Bonchev–Trinajstić information content (AvgIpc) is 2.26. The Morgan fingerprint density at radius 3 is 1.89 bits per heavy atom. The number of aliphatic hydroxyl groups is 2. The SMILES string of the molecule is NC(O)=S.NC(O)=S.O=COCc1ccccc1. The summed E-state index contributed by atoms with van der Waals surface area (Å²) >= 11 is 7.74. The molecule has 0 heterocycles. The van der Waals surface area contributed by atoms with Gasteiger partial charge in [0.1, 0.15) is 6.61 Å². The van der Waals surface area contributed by atoms with Crippen molar-refractivity contribution in [3.8, 4) is 0 Å². The Bertz CT molecular complexity index is 340. The van der Waals surface area contributed by atoms with Crippen LogP contribution < -0.4 is 11.5 Å². The van der Waals surface area contributed by atoms with Crippen LogP contribution in [0.2, 0.25) is 0 Å². The first-order valence-corrected chi connectivity index (χ1v) is 5.27. The van der Waals surface area contributed by atoms with E-state index in [1.54, 1.807) is 0 Å². The molecule has 0 atom stereocenters. The van der Waals surface area contributed by atoms with Gasteiger partial charge in [0.2, 0.25) is 0 Å². The van der Waals surface area contributed by atoms with Crippen molar-refractivity contribution >= 4 is 41.3 Å². The number of hydrogen-bond acceptors (Lipinski definition) is 4. The van der Waals surface area contributed by atoms with Crippen LogP contribution in [0.3, 0.4) is 0 Å². The molecule has 0 bridgehead atoms. The minimum atomic E-state index is -0.500. The van der Waals surface area contributed by atoms with Crippen LogP contribution >= 0.6 is 24.4 Å². The molecule has 0 saturated carbocycles. The lowest BCUT2D eigenvalue weighted by Crippen LogP contribution is -2.03. The number of hydrogen-bond donors (Lipinski definition) is 4. The van der Waals surface area contributed by atoms with E-state index >= 15 is 0 Å². The van der Waals surface area contributed by atoms with Crippen molar-refractivity contribution in [2.45, 2.75) is 6.61 Å². The van der Waals surface area contributed by atoms with Gasteiger partial charge in [-0.1, -0.05) is 30.3 Å². The number of aliphatic hydroxyl groups excluding tert-OH is 2. The molecule has 6 N–H and O–H groups in total. The Balaban J connectivity index is 0. The molecule has 8 heteroatoms. The van der Waals surface area contributed by atoms with Crippen LogP contribution in [0.25, 0.3) is 0 Å². The summed E-state index contributed by atoms with van der Waals surface area (Å²) in [6.07, 6.45) is 0. The maximum absolute atomic E-state index is 9.76. The molecule has 0 unspecified atom stereocenters. The Morgan fingerprint density at radius 2 is 1.56 bits per heavy atom. The van der Waals surface area contributed by atoms with E-state index in [0.717, 1.165) is 5.56 Å². The monoisotopic (exact) mass is 290 g/mol. The number of carbonyl (C=O) groups excluding carboxylic acids is 1. The van der Waals surface area contributed by atoms with E-state index in [2.05, 4.69) is 40.6 Å². The van der Waals surface area contributed by atoms with Crippen LogP contribution in [-0.4, -0.2) is 27.0 Å². The molecule has 0 aliphatic rings. The van der Waals surface area contributed by atoms with Crippen molar-refractivity contribution in [2.24, 2.45) is 11.5 Å². The minimum Gasteiger partial charge on any atom is -0.487 e. The first-order chi connectivity index (χ1) is 8.40. The minimum absolute atomic E-state index is 0.365. The van der Waals surface area contributed by atoms with Gasteiger partial charge >= 0.3 is 0 Å². The van der Waals surface area contributed by atoms with E-state index in [4.69, 9.17) is 10.2 Å². The third-order valence-electron chi connectivity index (χ3n) is 1.16. The van der Waals surface area contributed by atoms with Crippen LogP contribution in [-0.2, 0) is 16.1 Å². The summed E-state index contributed by atoms with van der Waals surface area (Å²) in [5.74, 6) is 0. The van der Waals surface area contributed by atoms with Crippen molar-refractivity contribution in [1.29, 1.82) is 0 Å². The topological polar surface area (TPSA) is 119 Å². The Kier molecular flexibility index (Phi) is 13.5. The largest absolute Gasteiger partial charge is 0.487 e. The quantitative estimate of drug-likeness (QED) is 0.479. The lowest BCUT2D eigenvalue weighted by Gasteiger charge is -1.95. The van der Waals surface area contributed by atoms with Gasteiger partial charge in [0.15, 0.2) is 0 Å². The molecule has 1 rings (SSSR count). The fraction of sp³-hybridized carbons (Fsp3) is 0.100. The van der Waals surface area contributed by atoms with Gasteiger partial charge in [0.25, 0.3) is 16.8 Å². The van der Waals surface area contributed by atoms with E-state index in [1.165, 1.54) is 0 Å². The highest BCUT2D eigenvalue weighted by atomic mass is 32.1. The van der Waals surface area contributed by atoms with Crippen molar-refractivity contribution < 1.29 is 19.7 Å². The van der Waals surface area contributed by atoms with Crippen molar-refractivity contribution in [3.63, 3.8) is 0 Å². The van der Waals surface area contributed by atoms with Gasteiger partial charge in [-0.3, -0.25) is 4.79 Å². The van der Waals surface area contributed by atoms with Crippen molar-refractivity contribution in [1.82, 2.24) is 0 Å². The number of rotatable bonds is 3. The van der Waals surface area contributed by atoms with Gasteiger partial charge in [-0.2, -0.15) is 0 Å². The lowest BCUT2D eigenvalue weighted by molar-refractivity contribution is -0.129. The number of benzene rings is 1. The highest BCUT2D eigenvalue weighted by molar-refractivity contribution is 7.80. The normalized spacial score (nSPS) is 7.56. The summed E-state index contributed by atoms with van der Waals surface area (Å²) in [6.45, 7) is 0.817. The van der Waals surface area contributed by atoms with Gasteiger partial charge in [0, 0.05) is 0 Å². The summed E-state index contributed by atoms with van der Waals surface area (Å²) in [7, 11) is 0. The zero-order chi connectivity index (χ0) is 14.4. The molecular formula is C10H14N2O4S2. The second-order valence-corrected chi connectivity index (χ2v) is 3.41. The predicted molar refractivity (Wildman–Crippen MR) is 76.1 cm³/mol. The fourth-order valence-electron chi connectivity index (χ4n) is 0.704. The maximum Gasteiger partial charge on any atom is 0.293 e. The van der Waals surface area contributed by atoms with Gasteiger partial charge < -0.3 is 26.4 Å². The van der Waals surface area contributed by atoms with E-state index in [9.17, 15) is 4.79 Å². The van der Waals surface area contributed by atoms with Gasteiger partial charge in [-0.05, 0) is 30.0 Å². The summed E-state index contributed by atoms with van der Waals surface area (Å²) in [6, 6.07) is 9.55. The van der Waals surface area contributed by atoms with E-state index < -0.39 is 10.3 Å². The predicted octanol–water partition coefficient (Wildman–Crippen LogP) is 0.936. The first-order valence-electron chi connectivity index (χ1n) is 4.46. The summed E-state index contributed by atoms with van der Waals surface area (Å²) in [5.41, 5.74) is 9.81. The van der Waals surface area contributed by atoms with Crippen molar-refractivity contribution in [2.75, 3.05) is 0 Å². The zero-order valence-corrected chi connectivity index (χ0v) is 11.0. The Hall–Kier alpha value is -1.93. The number of thiocarbonyl (C=S) groups is 2. The standard InChI is InChI=1S/C8H8O2.2CH3NOS/c9-7-10-6-8-4-2-1-3-5-8;2*2-1(3)4/h1-5,7H,6H2;2*(H3,2,3,4). The molecule has 0 aliphatic carbocycles. The molecule has 0 saturated heterocycles. The van der Waals surface area contributed by atoms with Crippen molar-refractivity contribution in [3.05, 3.63) is 35.9 Å². The van der Waals surface area contributed by atoms with Crippen LogP contribution in [0, 0.1) is 0 Å². The number of ether oxygens (including phenoxy) is 1. The van der Waals surface area contributed by atoms with E-state index in [-0.39, 0.29) is 0 Å².